The van der Waals surface area contributed by atoms with Gasteiger partial charge >= 0.3 is 27.7 Å². The van der Waals surface area contributed by atoms with Gasteiger partial charge in [-0.25, -0.2) is 0 Å². The molecule has 45 heavy (non-hydrogen) atoms. The molecule has 0 bridgehead atoms. The minimum absolute atomic E-state index is 0. The monoisotopic (exact) mass is 772 g/mol. The molecule has 0 heterocycles. The van der Waals surface area contributed by atoms with Crippen molar-refractivity contribution in [3.63, 3.8) is 0 Å². The molecule has 6 fully saturated rings. The second-order valence-corrected chi connectivity index (χ2v) is 21.3. The normalized spacial score (nSPS) is 25.7. The SMILES string of the molecule is C1CCC(P(C2CCCCC2)C2CCCCC2)CC1.C1CCC(P(C2CCCCC2)C2CCCCC2)CC1.F[B-](F)(F)F.O.[PdH+]. The van der Waals surface area contributed by atoms with Crippen LogP contribution >= 0.6 is 15.8 Å². The molecule has 6 aliphatic carbocycles. The Kier molecular flexibility index (Phi) is 22.3. The molecular weight excluding hydrogens is 704 g/mol. The predicted molar refractivity (Wildman–Crippen MR) is 190 cm³/mol. The van der Waals surface area contributed by atoms with Crippen LogP contribution in [0.3, 0.4) is 0 Å². The van der Waals surface area contributed by atoms with E-state index < -0.39 is 7.25 Å². The van der Waals surface area contributed by atoms with Crippen molar-refractivity contribution in [1.29, 1.82) is 0 Å². The molecule has 0 amide bonds. The van der Waals surface area contributed by atoms with Crippen molar-refractivity contribution >= 4 is 23.1 Å². The van der Waals surface area contributed by atoms with Crippen LogP contribution in [0.2, 0.25) is 0 Å². The van der Waals surface area contributed by atoms with Gasteiger partial charge in [-0.3, -0.25) is 0 Å². The Bertz CT molecular complexity index is 569. The Hall–Kier alpha value is 1.27. The fourth-order valence-corrected chi connectivity index (χ4v) is 19.4. The molecule has 6 aliphatic rings. The first-order valence-corrected chi connectivity index (χ1v) is 22.4. The summed E-state index contributed by atoms with van der Waals surface area (Å²) in [7, 11) is -5.23. The summed E-state index contributed by atoms with van der Waals surface area (Å²) in [5, 5.41) is 0. The van der Waals surface area contributed by atoms with E-state index in [0.29, 0.717) is 15.8 Å². The van der Waals surface area contributed by atoms with E-state index in [9.17, 15) is 17.3 Å². The van der Waals surface area contributed by atoms with Gasteiger partial charge < -0.3 is 22.7 Å². The summed E-state index contributed by atoms with van der Waals surface area (Å²) in [6.45, 7) is 0. The topological polar surface area (TPSA) is 31.5 Å². The Balaban J connectivity index is 0.000000263. The van der Waals surface area contributed by atoms with Crippen molar-refractivity contribution in [3.05, 3.63) is 0 Å². The standard InChI is InChI=1S/2C18H33P.BF4.H2O.Pd.H/c2*1-4-10-16(11-5-1)19(17-12-6-2-7-13-17)18-14-8-3-9-15-18;2-1(3,4)5;;;/h2*16-18H,1-15H2;;1H2;;/q;;-1;;+1;. The van der Waals surface area contributed by atoms with E-state index in [1.807, 2.05) is 0 Å². The van der Waals surface area contributed by atoms with Crippen molar-refractivity contribution in [3.8, 4) is 0 Å². The molecule has 0 atom stereocenters. The average Bonchev–Trinajstić information content (AvgIpc) is 3.04. The summed E-state index contributed by atoms with van der Waals surface area (Å²) in [6, 6.07) is 0. The maximum atomic E-state index is 9.75. The Morgan fingerprint density at radius 1 is 0.289 bits per heavy atom. The Morgan fingerprint density at radius 2 is 0.400 bits per heavy atom. The second-order valence-electron chi connectivity index (χ2n) is 15.1. The van der Waals surface area contributed by atoms with Crippen LogP contribution in [0.25, 0.3) is 0 Å². The van der Waals surface area contributed by atoms with Gasteiger partial charge in [0.2, 0.25) is 0 Å². The van der Waals surface area contributed by atoms with E-state index in [1.54, 1.807) is 154 Å². The van der Waals surface area contributed by atoms with Crippen LogP contribution in [-0.4, -0.2) is 46.7 Å². The molecule has 0 aromatic carbocycles. The fraction of sp³-hybridized carbons (Fsp3) is 1.00. The van der Waals surface area contributed by atoms with Crippen LogP contribution < -0.4 is 0 Å². The number of hydrogen-bond donors (Lipinski definition) is 0. The van der Waals surface area contributed by atoms with Gasteiger partial charge in [0.25, 0.3) is 0 Å². The first-order chi connectivity index (χ1) is 20.9. The molecule has 0 saturated heterocycles. The molecule has 6 saturated carbocycles. The average molecular weight is 773 g/mol. The van der Waals surface area contributed by atoms with Gasteiger partial charge in [-0.1, -0.05) is 131 Å². The van der Waals surface area contributed by atoms with Gasteiger partial charge in [0, 0.05) is 0 Å². The number of hydrogen-bond acceptors (Lipinski definition) is 0. The summed E-state index contributed by atoms with van der Waals surface area (Å²) in [5.41, 5.74) is 7.14. The zero-order valence-electron chi connectivity index (χ0n) is 28.5. The molecule has 1 nitrogen and oxygen atoms in total. The summed E-state index contributed by atoms with van der Waals surface area (Å²) in [4.78, 5) is 0. The third kappa shape index (κ3) is 15.8. The molecule has 2 N–H and O–H groups in total. The molecular formula is C36H69BF4OP2Pd. The van der Waals surface area contributed by atoms with E-state index >= 15 is 0 Å². The first-order valence-electron chi connectivity index (χ1n) is 19.3. The van der Waals surface area contributed by atoms with Gasteiger partial charge in [-0.05, 0) is 111 Å². The van der Waals surface area contributed by atoms with Crippen LogP contribution in [0.5, 0.6) is 0 Å². The molecule has 9 heteroatoms. The zero-order chi connectivity index (χ0) is 30.3. The van der Waals surface area contributed by atoms with E-state index in [0.717, 1.165) is 0 Å². The van der Waals surface area contributed by atoms with Gasteiger partial charge in [-0.15, -0.1) is 0 Å². The van der Waals surface area contributed by atoms with Gasteiger partial charge in [0.15, 0.2) is 0 Å². The summed E-state index contributed by atoms with van der Waals surface area (Å²) in [6.07, 6.45) is 47.2. The molecule has 270 valence electrons. The number of rotatable bonds is 6. The van der Waals surface area contributed by atoms with E-state index in [-0.39, 0.29) is 25.9 Å². The van der Waals surface area contributed by atoms with Crippen molar-refractivity contribution in [2.24, 2.45) is 0 Å². The van der Waals surface area contributed by atoms with Crippen LogP contribution in [0.4, 0.5) is 17.3 Å². The van der Waals surface area contributed by atoms with E-state index in [4.69, 9.17) is 0 Å². The minimum atomic E-state index is -6.00. The summed E-state index contributed by atoms with van der Waals surface area (Å²) in [5.74, 6) is 0. The molecule has 0 spiro atoms. The summed E-state index contributed by atoms with van der Waals surface area (Å²) < 4.78 is 39.0. The van der Waals surface area contributed by atoms with Crippen LogP contribution in [0.1, 0.15) is 193 Å². The quantitative estimate of drug-likeness (QED) is 0.146. The molecule has 6 rings (SSSR count). The van der Waals surface area contributed by atoms with E-state index in [1.165, 1.54) is 72.5 Å². The Labute approximate surface area is 291 Å². The second kappa shape index (κ2) is 23.6. The molecule has 1 radical (unpaired) electrons. The van der Waals surface area contributed by atoms with Crippen molar-refractivity contribution in [2.75, 3.05) is 0 Å². The van der Waals surface area contributed by atoms with Crippen molar-refractivity contribution < 1.29 is 43.2 Å². The van der Waals surface area contributed by atoms with Crippen LogP contribution in [0, 0.1) is 0 Å². The van der Waals surface area contributed by atoms with E-state index in [2.05, 4.69) is 0 Å². The first kappa shape index (κ1) is 42.4. The zero-order valence-corrected chi connectivity index (χ0v) is 31.9. The molecule has 0 aromatic rings. The third-order valence-corrected chi connectivity index (χ3v) is 20.1. The molecule has 0 aliphatic heterocycles. The maximum absolute atomic E-state index is 9.75. The van der Waals surface area contributed by atoms with Crippen molar-refractivity contribution in [1.82, 2.24) is 0 Å². The molecule has 0 unspecified atom stereocenters. The molecule has 0 aromatic heterocycles. The Morgan fingerprint density at radius 3 is 0.511 bits per heavy atom. The van der Waals surface area contributed by atoms with Gasteiger partial charge in [0.1, 0.15) is 0 Å². The van der Waals surface area contributed by atoms with Crippen molar-refractivity contribution in [2.45, 2.75) is 227 Å². The van der Waals surface area contributed by atoms with Gasteiger partial charge in [-0.2, -0.15) is 0 Å². The number of halogens is 4. The van der Waals surface area contributed by atoms with Gasteiger partial charge in [0.05, 0.1) is 0 Å². The van der Waals surface area contributed by atoms with Crippen LogP contribution in [-0.2, 0) is 20.4 Å². The predicted octanol–water partition coefficient (Wildman–Crippen LogP) is 13.1. The summed E-state index contributed by atoms with van der Waals surface area (Å²) >= 11 is 0. The third-order valence-electron chi connectivity index (χ3n) is 12.0. The van der Waals surface area contributed by atoms with Crippen LogP contribution in [0.15, 0.2) is 0 Å². The fourth-order valence-electron chi connectivity index (χ4n) is 10.1.